The standard InChI is InChI=1S/C18H28N2O2S/c1-4-6-14(9-11-19)7-5-8-15-13-20-12-10-16(15)23-18(2,3)17(21)22/h13-14H,4-10,12H2,1-3H3,(H,21,22). The number of carboxylic acids is 1. The van der Waals surface area contributed by atoms with Crippen LogP contribution in [-0.4, -0.2) is 28.6 Å². The summed E-state index contributed by atoms with van der Waals surface area (Å²) < 4.78 is -0.808. The summed E-state index contributed by atoms with van der Waals surface area (Å²) in [5.41, 5.74) is 1.18. The van der Waals surface area contributed by atoms with Crippen molar-refractivity contribution in [3.63, 3.8) is 0 Å². The van der Waals surface area contributed by atoms with Crippen LogP contribution in [0.1, 0.15) is 65.7 Å². The highest BCUT2D eigenvalue weighted by Gasteiger charge is 2.30. The molecule has 0 amide bonds. The third kappa shape index (κ3) is 6.78. The molecular formula is C18H28N2O2S. The Hall–Kier alpha value is -1.28. The summed E-state index contributed by atoms with van der Waals surface area (Å²) in [6.07, 6.45) is 8.62. The predicted octanol–water partition coefficient (Wildman–Crippen LogP) is 4.81. The number of aliphatic carboxylic acids is 1. The molecule has 0 aromatic carbocycles. The van der Waals surface area contributed by atoms with Gasteiger partial charge in [0, 0.05) is 19.2 Å². The predicted molar refractivity (Wildman–Crippen MR) is 96.8 cm³/mol. The smallest absolute Gasteiger partial charge is 0.319 e. The average molecular weight is 337 g/mol. The van der Waals surface area contributed by atoms with Gasteiger partial charge in [0.15, 0.2) is 0 Å². The molecule has 4 nitrogen and oxygen atoms in total. The number of carboxylic acid groups (broad SMARTS) is 1. The summed E-state index contributed by atoms with van der Waals surface area (Å²) in [4.78, 5) is 16.9. The van der Waals surface area contributed by atoms with E-state index in [1.165, 1.54) is 22.2 Å². The first-order valence-corrected chi connectivity index (χ1v) is 9.23. The van der Waals surface area contributed by atoms with Crippen LogP contribution >= 0.6 is 11.8 Å². The summed E-state index contributed by atoms with van der Waals surface area (Å²) in [6.45, 7) is 6.40. The second-order valence-electron chi connectivity index (χ2n) is 6.56. The van der Waals surface area contributed by atoms with Crippen molar-refractivity contribution in [2.75, 3.05) is 6.54 Å². The lowest BCUT2D eigenvalue weighted by Gasteiger charge is -2.24. The maximum atomic E-state index is 11.3. The van der Waals surface area contributed by atoms with Crippen molar-refractivity contribution in [3.05, 3.63) is 10.5 Å². The van der Waals surface area contributed by atoms with Crippen LogP contribution in [0.5, 0.6) is 0 Å². The lowest BCUT2D eigenvalue weighted by atomic mass is 9.93. The normalized spacial score (nSPS) is 16.3. The van der Waals surface area contributed by atoms with Crippen LogP contribution in [0.25, 0.3) is 0 Å². The molecule has 0 radical (unpaired) electrons. The molecule has 0 aromatic rings. The van der Waals surface area contributed by atoms with Crippen molar-refractivity contribution < 1.29 is 9.90 Å². The van der Waals surface area contributed by atoms with E-state index in [2.05, 4.69) is 18.0 Å². The van der Waals surface area contributed by atoms with Crippen LogP contribution in [0, 0.1) is 17.2 Å². The Morgan fingerprint density at radius 2 is 2.26 bits per heavy atom. The van der Waals surface area contributed by atoms with Crippen molar-refractivity contribution in [3.8, 4) is 6.07 Å². The number of hydrogen-bond donors (Lipinski definition) is 1. The van der Waals surface area contributed by atoms with E-state index >= 15 is 0 Å². The topological polar surface area (TPSA) is 73.5 Å². The van der Waals surface area contributed by atoms with Crippen molar-refractivity contribution in [2.24, 2.45) is 10.9 Å². The molecule has 5 heteroatoms. The molecule has 0 bridgehead atoms. The number of allylic oxidation sites excluding steroid dienone is 1. The molecule has 0 saturated heterocycles. The van der Waals surface area contributed by atoms with Crippen molar-refractivity contribution in [1.29, 1.82) is 5.26 Å². The summed E-state index contributed by atoms with van der Waals surface area (Å²) in [6, 6.07) is 2.29. The van der Waals surface area contributed by atoms with E-state index in [4.69, 9.17) is 5.26 Å². The first kappa shape index (κ1) is 19.8. The lowest BCUT2D eigenvalue weighted by molar-refractivity contribution is -0.138. The van der Waals surface area contributed by atoms with Gasteiger partial charge < -0.3 is 5.11 Å². The summed E-state index contributed by atoms with van der Waals surface area (Å²) in [5, 5.41) is 18.2. The van der Waals surface area contributed by atoms with Gasteiger partial charge in [-0.2, -0.15) is 5.26 Å². The average Bonchev–Trinajstić information content (AvgIpc) is 2.49. The highest BCUT2D eigenvalue weighted by atomic mass is 32.2. The van der Waals surface area contributed by atoms with Gasteiger partial charge >= 0.3 is 5.97 Å². The first-order valence-electron chi connectivity index (χ1n) is 8.42. The van der Waals surface area contributed by atoms with Crippen molar-refractivity contribution >= 4 is 23.9 Å². The van der Waals surface area contributed by atoms with Gasteiger partial charge in [0.2, 0.25) is 0 Å². The second-order valence-corrected chi connectivity index (χ2v) is 8.28. The molecule has 0 fully saturated rings. The number of carbonyl (C=O) groups is 1. The number of nitriles is 1. The number of hydrogen-bond acceptors (Lipinski definition) is 4. The second kappa shape index (κ2) is 9.77. The first-order chi connectivity index (χ1) is 10.9. The number of thioether (sulfide) groups is 1. The molecule has 1 atom stereocenters. The summed E-state index contributed by atoms with van der Waals surface area (Å²) >= 11 is 1.45. The van der Waals surface area contributed by atoms with Crippen LogP contribution in [0.15, 0.2) is 15.5 Å². The van der Waals surface area contributed by atoms with E-state index < -0.39 is 10.7 Å². The number of nitrogens with zero attached hydrogens (tertiary/aromatic N) is 2. The molecule has 0 spiro atoms. The Balaban J connectivity index is 2.65. The number of aliphatic imine (C=N–C) groups is 1. The van der Waals surface area contributed by atoms with Gasteiger partial charge in [-0.15, -0.1) is 11.8 Å². The molecule has 1 aliphatic rings. The maximum absolute atomic E-state index is 11.3. The Labute approximate surface area is 144 Å². The minimum Gasteiger partial charge on any atom is -0.480 e. The van der Waals surface area contributed by atoms with Crippen LogP contribution in [-0.2, 0) is 4.79 Å². The van der Waals surface area contributed by atoms with E-state index in [9.17, 15) is 9.90 Å². The highest BCUT2D eigenvalue weighted by Crippen LogP contribution is 2.37. The van der Waals surface area contributed by atoms with E-state index in [1.807, 2.05) is 6.21 Å². The molecule has 1 aliphatic heterocycles. The molecule has 1 heterocycles. The van der Waals surface area contributed by atoms with Crippen LogP contribution < -0.4 is 0 Å². The monoisotopic (exact) mass is 336 g/mol. The molecule has 23 heavy (non-hydrogen) atoms. The van der Waals surface area contributed by atoms with Crippen LogP contribution in [0.4, 0.5) is 0 Å². The fourth-order valence-corrected chi connectivity index (χ4v) is 3.90. The third-order valence-electron chi connectivity index (χ3n) is 4.10. The SMILES string of the molecule is CCCC(CC#N)CCCC1=C(SC(C)(C)C(=O)O)CCN=C1. The number of rotatable bonds is 10. The molecule has 128 valence electrons. The van der Waals surface area contributed by atoms with Gasteiger partial charge in [0.1, 0.15) is 4.75 Å². The quantitative estimate of drug-likeness (QED) is 0.621. The Kier molecular flexibility index (Phi) is 8.40. The zero-order chi connectivity index (χ0) is 17.3. The zero-order valence-corrected chi connectivity index (χ0v) is 15.3. The highest BCUT2D eigenvalue weighted by molar-refractivity contribution is 8.05. The van der Waals surface area contributed by atoms with E-state index in [0.717, 1.165) is 45.1 Å². The zero-order valence-electron chi connectivity index (χ0n) is 14.5. The van der Waals surface area contributed by atoms with Gasteiger partial charge in [-0.3, -0.25) is 9.79 Å². The Bertz CT molecular complexity index is 504. The van der Waals surface area contributed by atoms with Crippen molar-refractivity contribution in [2.45, 2.75) is 70.5 Å². The minimum atomic E-state index is -0.808. The Morgan fingerprint density at radius 1 is 1.52 bits per heavy atom. The van der Waals surface area contributed by atoms with Crippen LogP contribution in [0.3, 0.4) is 0 Å². The van der Waals surface area contributed by atoms with E-state index in [1.54, 1.807) is 13.8 Å². The van der Waals surface area contributed by atoms with Gasteiger partial charge in [0.05, 0.1) is 6.07 Å². The van der Waals surface area contributed by atoms with Gasteiger partial charge in [-0.05, 0) is 62.3 Å². The van der Waals surface area contributed by atoms with Gasteiger partial charge in [-0.25, -0.2) is 0 Å². The Morgan fingerprint density at radius 3 is 2.87 bits per heavy atom. The third-order valence-corrected chi connectivity index (χ3v) is 5.50. The fourth-order valence-electron chi connectivity index (χ4n) is 2.71. The van der Waals surface area contributed by atoms with E-state index in [-0.39, 0.29) is 0 Å². The number of dihydropyridines is 1. The largest absolute Gasteiger partial charge is 0.480 e. The lowest BCUT2D eigenvalue weighted by Crippen LogP contribution is -2.27. The molecule has 0 aliphatic carbocycles. The van der Waals surface area contributed by atoms with Gasteiger partial charge in [0.25, 0.3) is 0 Å². The fraction of sp³-hybridized carbons (Fsp3) is 0.722. The molecule has 0 saturated carbocycles. The maximum Gasteiger partial charge on any atom is 0.319 e. The summed E-state index contributed by atoms with van der Waals surface area (Å²) in [5.74, 6) is -0.299. The molecule has 1 rings (SSSR count). The molecule has 0 aromatic heterocycles. The van der Waals surface area contributed by atoms with Crippen LogP contribution in [0.2, 0.25) is 0 Å². The summed E-state index contributed by atoms with van der Waals surface area (Å²) in [7, 11) is 0. The molecular weight excluding hydrogens is 308 g/mol. The van der Waals surface area contributed by atoms with Crippen molar-refractivity contribution in [1.82, 2.24) is 0 Å². The molecule has 1 N–H and O–H groups in total. The molecule has 1 unspecified atom stereocenters. The van der Waals surface area contributed by atoms with Gasteiger partial charge in [-0.1, -0.05) is 13.3 Å². The van der Waals surface area contributed by atoms with E-state index in [0.29, 0.717) is 12.3 Å². The minimum absolute atomic E-state index is 0.484.